The molecule has 0 saturated carbocycles. The van der Waals surface area contributed by atoms with Crippen LogP contribution in [0.25, 0.3) is 0 Å². The van der Waals surface area contributed by atoms with Gasteiger partial charge >= 0.3 is 0 Å². The molecule has 0 aliphatic carbocycles. The number of fused-ring (bicyclic) bond motifs is 1. The highest BCUT2D eigenvalue weighted by Gasteiger charge is 2.32. The summed E-state index contributed by atoms with van der Waals surface area (Å²) >= 11 is 0. The van der Waals surface area contributed by atoms with Gasteiger partial charge in [0.25, 0.3) is 5.91 Å². The first-order chi connectivity index (χ1) is 11.8. The first-order valence-corrected chi connectivity index (χ1v) is 8.59. The molecule has 1 heterocycles. The van der Waals surface area contributed by atoms with Gasteiger partial charge in [0.2, 0.25) is 5.91 Å². The summed E-state index contributed by atoms with van der Waals surface area (Å²) in [5.74, 6) is 0.0154. The number of benzene rings is 2. The van der Waals surface area contributed by atoms with E-state index in [9.17, 15) is 9.59 Å². The maximum Gasteiger partial charge on any atom is 0.255 e. The van der Waals surface area contributed by atoms with E-state index >= 15 is 0 Å². The van der Waals surface area contributed by atoms with Crippen molar-refractivity contribution in [3.8, 4) is 0 Å². The van der Waals surface area contributed by atoms with Crippen LogP contribution in [-0.2, 0) is 11.2 Å². The second-order valence-corrected chi connectivity index (χ2v) is 7.57. The van der Waals surface area contributed by atoms with Crippen molar-refractivity contribution >= 4 is 23.2 Å². The quantitative estimate of drug-likeness (QED) is 0.894. The van der Waals surface area contributed by atoms with Crippen LogP contribution in [0.2, 0.25) is 0 Å². The van der Waals surface area contributed by atoms with Crippen molar-refractivity contribution in [1.29, 1.82) is 0 Å². The van der Waals surface area contributed by atoms with Crippen molar-refractivity contribution in [1.82, 2.24) is 0 Å². The normalized spacial score (nSPS) is 13.5. The summed E-state index contributed by atoms with van der Waals surface area (Å²) in [6.45, 7) is 8.42. The zero-order chi connectivity index (χ0) is 18.2. The fraction of sp³-hybridized carbons (Fsp3) is 0.333. The maximum absolute atomic E-state index is 12.6. The van der Waals surface area contributed by atoms with E-state index in [4.69, 9.17) is 0 Å². The molecule has 0 unspecified atom stereocenters. The van der Waals surface area contributed by atoms with Gasteiger partial charge in [-0.1, -0.05) is 39.0 Å². The van der Waals surface area contributed by atoms with Gasteiger partial charge in [0.05, 0.1) is 0 Å². The van der Waals surface area contributed by atoms with E-state index in [0.29, 0.717) is 12.1 Å². The van der Waals surface area contributed by atoms with E-state index in [1.807, 2.05) is 75.1 Å². The molecule has 1 aliphatic heterocycles. The lowest BCUT2D eigenvalue weighted by atomic mass is 9.94. The highest BCUT2D eigenvalue weighted by atomic mass is 16.2. The van der Waals surface area contributed by atoms with Crippen LogP contribution in [0, 0.1) is 12.3 Å². The lowest BCUT2D eigenvalue weighted by Gasteiger charge is -2.26. The Labute approximate surface area is 148 Å². The Morgan fingerprint density at radius 1 is 1.08 bits per heavy atom. The van der Waals surface area contributed by atoms with Crippen LogP contribution in [0.3, 0.4) is 0 Å². The Bertz CT molecular complexity index is 834. The standard InChI is InChI=1S/C21H24N2O2/c1-14-7-5-6-8-17(14)19(24)22-16-9-10-18-15(13-16)11-12-23(18)20(25)21(2,3)4/h5-10,13H,11-12H2,1-4H3,(H,22,24). The monoisotopic (exact) mass is 336 g/mol. The van der Waals surface area contributed by atoms with Crippen molar-refractivity contribution in [2.75, 3.05) is 16.8 Å². The number of amides is 2. The molecular weight excluding hydrogens is 312 g/mol. The molecule has 0 atom stereocenters. The lowest BCUT2D eigenvalue weighted by molar-refractivity contribution is -0.125. The number of nitrogens with one attached hydrogen (secondary N) is 1. The minimum Gasteiger partial charge on any atom is -0.322 e. The molecule has 4 nitrogen and oxygen atoms in total. The second kappa shape index (κ2) is 6.36. The number of anilines is 2. The van der Waals surface area contributed by atoms with Crippen LogP contribution in [-0.4, -0.2) is 18.4 Å². The number of aryl methyl sites for hydroxylation is 1. The molecule has 0 spiro atoms. The molecule has 2 aromatic rings. The fourth-order valence-corrected chi connectivity index (χ4v) is 3.12. The van der Waals surface area contributed by atoms with Gasteiger partial charge in [-0.25, -0.2) is 0 Å². The summed E-state index contributed by atoms with van der Waals surface area (Å²) in [5.41, 5.74) is 4.03. The molecule has 130 valence electrons. The van der Waals surface area contributed by atoms with E-state index in [-0.39, 0.29) is 11.8 Å². The topological polar surface area (TPSA) is 49.4 Å². The number of carbonyl (C=O) groups excluding carboxylic acids is 2. The Hall–Kier alpha value is -2.62. The Morgan fingerprint density at radius 2 is 1.80 bits per heavy atom. The second-order valence-electron chi connectivity index (χ2n) is 7.57. The van der Waals surface area contributed by atoms with Crippen molar-refractivity contribution in [3.05, 3.63) is 59.2 Å². The highest BCUT2D eigenvalue weighted by Crippen LogP contribution is 2.33. The number of hydrogen-bond acceptors (Lipinski definition) is 2. The average molecular weight is 336 g/mol. The summed E-state index contributed by atoms with van der Waals surface area (Å²) < 4.78 is 0. The first kappa shape index (κ1) is 17.2. The predicted octanol–water partition coefficient (Wildman–Crippen LogP) is 4.18. The molecule has 0 aromatic heterocycles. The molecule has 2 amide bonds. The Morgan fingerprint density at radius 3 is 2.48 bits per heavy atom. The van der Waals surface area contributed by atoms with E-state index in [0.717, 1.165) is 28.9 Å². The van der Waals surface area contributed by atoms with E-state index < -0.39 is 5.41 Å². The summed E-state index contributed by atoms with van der Waals surface area (Å²) in [6.07, 6.45) is 0.811. The minimum absolute atomic E-state index is 0.112. The predicted molar refractivity (Wildman–Crippen MR) is 101 cm³/mol. The number of hydrogen-bond donors (Lipinski definition) is 1. The van der Waals surface area contributed by atoms with Gasteiger partial charge in [0.1, 0.15) is 0 Å². The molecule has 1 N–H and O–H groups in total. The Kier molecular flexibility index (Phi) is 4.38. The van der Waals surface area contributed by atoms with Gasteiger partial charge in [-0.05, 0) is 48.7 Å². The molecule has 3 rings (SSSR count). The molecule has 0 fully saturated rings. The maximum atomic E-state index is 12.6. The molecule has 25 heavy (non-hydrogen) atoms. The third-order valence-corrected chi connectivity index (χ3v) is 4.51. The molecule has 1 aliphatic rings. The van der Waals surface area contributed by atoms with Crippen LogP contribution >= 0.6 is 0 Å². The molecule has 0 bridgehead atoms. The van der Waals surface area contributed by atoms with Crippen molar-refractivity contribution in [2.24, 2.45) is 5.41 Å². The van der Waals surface area contributed by atoms with Gasteiger partial charge in [-0.3, -0.25) is 9.59 Å². The minimum atomic E-state index is -0.403. The average Bonchev–Trinajstić information content (AvgIpc) is 2.96. The largest absolute Gasteiger partial charge is 0.322 e. The van der Waals surface area contributed by atoms with Gasteiger partial charge in [0, 0.05) is 28.9 Å². The molecule has 0 radical (unpaired) electrons. The van der Waals surface area contributed by atoms with E-state index in [1.165, 1.54) is 0 Å². The summed E-state index contributed by atoms with van der Waals surface area (Å²) in [7, 11) is 0. The molecule has 2 aromatic carbocycles. The van der Waals surface area contributed by atoms with Gasteiger partial charge in [-0.2, -0.15) is 0 Å². The molecular formula is C21H24N2O2. The third-order valence-electron chi connectivity index (χ3n) is 4.51. The lowest BCUT2D eigenvalue weighted by Crippen LogP contribution is -2.38. The van der Waals surface area contributed by atoms with Crippen LogP contribution in [0.15, 0.2) is 42.5 Å². The van der Waals surface area contributed by atoms with E-state index in [1.54, 1.807) is 0 Å². The van der Waals surface area contributed by atoms with Crippen molar-refractivity contribution in [3.63, 3.8) is 0 Å². The van der Waals surface area contributed by atoms with Crippen LogP contribution in [0.4, 0.5) is 11.4 Å². The van der Waals surface area contributed by atoms with E-state index in [2.05, 4.69) is 5.32 Å². The third kappa shape index (κ3) is 3.43. The number of rotatable bonds is 2. The van der Waals surface area contributed by atoms with Crippen molar-refractivity contribution in [2.45, 2.75) is 34.1 Å². The Balaban J connectivity index is 1.80. The van der Waals surface area contributed by atoms with Gasteiger partial charge < -0.3 is 10.2 Å². The summed E-state index contributed by atoms with van der Waals surface area (Å²) in [6, 6.07) is 13.3. The van der Waals surface area contributed by atoms with Crippen LogP contribution in [0.1, 0.15) is 42.3 Å². The SMILES string of the molecule is Cc1ccccc1C(=O)Nc1ccc2c(c1)CCN2C(=O)C(C)(C)C. The summed E-state index contributed by atoms with van der Waals surface area (Å²) in [5, 5.41) is 2.96. The van der Waals surface area contributed by atoms with Gasteiger partial charge in [0.15, 0.2) is 0 Å². The first-order valence-electron chi connectivity index (χ1n) is 8.59. The van der Waals surface area contributed by atoms with Crippen LogP contribution < -0.4 is 10.2 Å². The van der Waals surface area contributed by atoms with Crippen molar-refractivity contribution < 1.29 is 9.59 Å². The zero-order valence-electron chi connectivity index (χ0n) is 15.2. The number of carbonyl (C=O) groups is 2. The summed E-state index contributed by atoms with van der Waals surface area (Å²) in [4.78, 5) is 26.9. The zero-order valence-corrected chi connectivity index (χ0v) is 15.2. The smallest absolute Gasteiger partial charge is 0.255 e. The number of nitrogens with zero attached hydrogens (tertiary/aromatic N) is 1. The fourth-order valence-electron chi connectivity index (χ4n) is 3.12. The highest BCUT2D eigenvalue weighted by molar-refractivity contribution is 6.05. The molecule has 0 saturated heterocycles. The van der Waals surface area contributed by atoms with Crippen LogP contribution in [0.5, 0.6) is 0 Å². The molecule has 4 heteroatoms. The van der Waals surface area contributed by atoms with Gasteiger partial charge in [-0.15, -0.1) is 0 Å².